The Balaban J connectivity index is 1.67. The summed E-state index contributed by atoms with van der Waals surface area (Å²) in [7, 11) is 1.63. The quantitative estimate of drug-likeness (QED) is 0.789. The van der Waals surface area contributed by atoms with E-state index >= 15 is 0 Å². The third-order valence-corrected chi connectivity index (χ3v) is 5.92. The van der Waals surface area contributed by atoms with E-state index in [0.717, 1.165) is 32.6 Å². The van der Waals surface area contributed by atoms with Crippen LogP contribution in [0.4, 0.5) is 0 Å². The maximum absolute atomic E-state index is 13.0. The van der Waals surface area contributed by atoms with Crippen LogP contribution in [0.2, 0.25) is 0 Å². The van der Waals surface area contributed by atoms with Gasteiger partial charge in [0, 0.05) is 34.5 Å². The van der Waals surface area contributed by atoms with Crippen molar-refractivity contribution in [2.75, 3.05) is 7.11 Å². The number of allylic oxidation sites excluding steroid dienone is 2. The van der Waals surface area contributed by atoms with Crippen LogP contribution in [-0.2, 0) is 9.59 Å². The lowest BCUT2D eigenvalue weighted by molar-refractivity contribution is -0.122. The molecule has 0 aromatic heterocycles. The number of hydrogen-bond donors (Lipinski definition) is 1. The second-order valence-electron chi connectivity index (χ2n) is 7.05. The van der Waals surface area contributed by atoms with Gasteiger partial charge in [0.05, 0.1) is 7.11 Å². The number of halogens is 1. The molecule has 4 nitrogen and oxygen atoms in total. The van der Waals surface area contributed by atoms with Gasteiger partial charge < -0.3 is 10.1 Å². The number of ketones is 1. The van der Waals surface area contributed by atoms with E-state index in [2.05, 4.69) is 21.2 Å². The number of carbonyl (C=O) groups excluding carboxylic acids is 2. The Labute approximate surface area is 166 Å². The van der Waals surface area contributed by atoms with Gasteiger partial charge in [0.2, 0.25) is 5.91 Å². The predicted octanol–water partition coefficient (Wildman–Crippen LogP) is 4.46. The first-order chi connectivity index (χ1) is 13.0. The number of benzene rings is 2. The van der Waals surface area contributed by atoms with Crippen LogP contribution in [0.25, 0.3) is 0 Å². The largest absolute Gasteiger partial charge is 0.497 e. The highest BCUT2D eigenvalue weighted by molar-refractivity contribution is 9.10. The van der Waals surface area contributed by atoms with Crippen molar-refractivity contribution in [3.05, 3.63) is 75.4 Å². The Morgan fingerprint density at radius 1 is 0.926 bits per heavy atom. The molecular weight excluding hydrogens is 406 g/mol. The van der Waals surface area contributed by atoms with Gasteiger partial charge in [-0.1, -0.05) is 40.2 Å². The summed E-state index contributed by atoms with van der Waals surface area (Å²) in [4.78, 5) is 25.4. The van der Waals surface area contributed by atoms with Gasteiger partial charge in [0.1, 0.15) is 5.75 Å². The molecule has 138 valence electrons. The lowest BCUT2D eigenvalue weighted by Crippen LogP contribution is -2.38. The van der Waals surface area contributed by atoms with Gasteiger partial charge in [0.25, 0.3) is 0 Å². The minimum absolute atomic E-state index is 0.0233. The summed E-state index contributed by atoms with van der Waals surface area (Å²) in [5.74, 6) is 0.814. The zero-order chi connectivity index (χ0) is 19.0. The van der Waals surface area contributed by atoms with E-state index < -0.39 is 0 Å². The first-order valence-electron chi connectivity index (χ1n) is 9.00. The van der Waals surface area contributed by atoms with Crippen molar-refractivity contribution >= 4 is 27.6 Å². The number of nitrogens with one attached hydrogen (secondary N) is 1. The Morgan fingerprint density at radius 3 is 2.26 bits per heavy atom. The van der Waals surface area contributed by atoms with Crippen LogP contribution in [0.15, 0.2) is 64.3 Å². The van der Waals surface area contributed by atoms with Gasteiger partial charge in [-0.05, 0) is 47.7 Å². The van der Waals surface area contributed by atoms with E-state index in [1.54, 1.807) is 7.11 Å². The number of carbonyl (C=O) groups is 2. The summed E-state index contributed by atoms with van der Waals surface area (Å²) in [6, 6.07) is 15.7. The summed E-state index contributed by atoms with van der Waals surface area (Å²) < 4.78 is 6.19. The fourth-order valence-corrected chi connectivity index (χ4v) is 4.32. The maximum atomic E-state index is 13.0. The van der Waals surface area contributed by atoms with E-state index in [-0.39, 0.29) is 23.5 Å². The number of Topliss-reactive ketones (excluding diaryl/α,β-unsaturated/α-hetero) is 1. The first kappa shape index (κ1) is 18.0. The minimum Gasteiger partial charge on any atom is -0.497 e. The summed E-state index contributed by atoms with van der Waals surface area (Å²) in [6.45, 7) is 0. The summed E-state index contributed by atoms with van der Waals surface area (Å²) >= 11 is 3.44. The highest BCUT2D eigenvalue weighted by atomic mass is 79.9. The lowest BCUT2D eigenvalue weighted by atomic mass is 9.73. The van der Waals surface area contributed by atoms with E-state index in [4.69, 9.17) is 4.74 Å². The normalized spacial score (nSPS) is 22.3. The Kier molecular flexibility index (Phi) is 4.87. The predicted molar refractivity (Wildman–Crippen MR) is 107 cm³/mol. The summed E-state index contributed by atoms with van der Waals surface area (Å²) in [5, 5.41) is 2.97. The van der Waals surface area contributed by atoms with Crippen LogP contribution in [0.5, 0.6) is 5.75 Å². The van der Waals surface area contributed by atoms with Gasteiger partial charge in [-0.15, -0.1) is 0 Å². The zero-order valence-electron chi connectivity index (χ0n) is 15.0. The molecule has 0 bridgehead atoms. The zero-order valence-corrected chi connectivity index (χ0v) is 16.6. The van der Waals surface area contributed by atoms with Crippen molar-refractivity contribution < 1.29 is 14.3 Å². The number of ether oxygens (including phenoxy) is 1. The highest BCUT2D eigenvalue weighted by Crippen LogP contribution is 2.42. The van der Waals surface area contributed by atoms with Crippen molar-refractivity contribution in [3.8, 4) is 5.75 Å². The Bertz CT molecular complexity index is 916. The number of amides is 1. The molecule has 1 aliphatic carbocycles. The van der Waals surface area contributed by atoms with Gasteiger partial charge in [-0.25, -0.2) is 0 Å². The second-order valence-corrected chi connectivity index (χ2v) is 7.97. The number of rotatable bonds is 3. The van der Waals surface area contributed by atoms with E-state index in [9.17, 15) is 9.59 Å². The van der Waals surface area contributed by atoms with Crippen LogP contribution in [0.1, 0.15) is 42.2 Å². The van der Waals surface area contributed by atoms with Crippen LogP contribution >= 0.6 is 15.9 Å². The van der Waals surface area contributed by atoms with Crippen molar-refractivity contribution in [3.63, 3.8) is 0 Å². The molecule has 2 aromatic carbocycles. The molecule has 1 N–H and O–H groups in total. The number of methoxy groups -OCH3 is 1. The molecule has 4 rings (SSSR count). The van der Waals surface area contributed by atoms with E-state index in [1.165, 1.54) is 0 Å². The second kappa shape index (κ2) is 7.31. The fraction of sp³-hybridized carbons (Fsp3) is 0.273. The van der Waals surface area contributed by atoms with Crippen LogP contribution in [0, 0.1) is 0 Å². The minimum atomic E-state index is -0.161. The van der Waals surface area contributed by atoms with Gasteiger partial charge in [-0.2, -0.15) is 0 Å². The molecular formula is C22H20BrNO3. The maximum Gasteiger partial charge on any atom is 0.225 e. The standard InChI is InChI=1S/C22H20BrNO3/c1-27-17-8-4-13(5-9-17)15-10-19-22(20(25)11-15)18(12-21(26)24-19)14-2-6-16(23)7-3-14/h2-9,15,18H,10-12H2,1H3,(H,24,26)/t15-,18+/m1/s1. The van der Waals surface area contributed by atoms with Gasteiger partial charge in [-0.3, -0.25) is 9.59 Å². The molecule has 0 radical (unpaired) electrons. The SMILES string of the molecule is COc1ccc([C@H]2CC(=O)C3=C(C2)NC(=O)C[C@H]3c2ccc(Br)cc2)cc1. The van der Waals surface area contributed by atoms with Crippen molar-refractivity contribution in [2.45, 2.75) is 31.1 Å². The van der Waals surface area contributed by atoms with E-state index in [0.29, 0.717) is 19.3 Å². The molecule has 0 spiro atoms. The van der Waals surface area contributed by atoms with Gasteiger partial charge in [0.15, 0.2) is 5.78 Å². The molecule has 2 aromatic rings. The summed E-state index contributed by atoms with van der Waals surface area (Å²) in [6.07, 6.45) is 1.46. The molecule has 5 heteroatoms. The van der Waals surface area contributed by atoms with Crippen molar-refractivity contribution in [1.82, 2.24) is 5.32 Å². The monoisotopic (exact) mass is 425 g/mol. The molecule has 2 aliphatic rings. The van der Waals surface area contributed by atoms with Gasteiger partial charge >= 0.3 is 0 Å². The molecule has 1 aliphatic heterocycles. The third kappa shape index (κ3) is 3.56. The topological polar surface area (TPSA) is 55.4 Å². The molecule has 0 saturated heterocycles. The molecule has 1 heterocycles. The average Bonchev–Trinajstić information content (AvgIpc) is 2.67. The van der Waals surface area contributed by atoms with Crippen LogP contribution in [-0.4, -0.2) is 18.8 Å². The fourth-order valence-electron chi connectivity index (χ4n) is 4.05. The molecule has 0 fully saturated rings. The molecule has 0 unspecified atom stereocenters. The van der Waals surface area contributed by atoms with Crippen molar-refractivity contribution in [1.29, 1.82) is 0 Å². The van der Waals surface area contributed by atoms with E-state index in [1.807, 2.05) is 48.5 Å². The first-order valence-corrected chi connectivity index (χ1v) is 9.80. The lowest BCUT2D eigenvalue weighted by Gasteiger charge is -2.34. The Morgan fingerprint density at radius 2 is 1.59 bits per heavy atom. The molecule has 1 amide bonds. The molecule has 27 heavy (non-hydrogen) atoms. The molecule has 0 saturated carbocycles. The molecule has 2 atom stereocenters. The highest BCUT2D eigenvalue weighted by Gasteiger charge is 2.38. The third-order valence-electron chi connectivity index (χ3n) is 5.40. The Hall–Kier alpha value is -2.40. The smallest absolute Gasteiger partial charge is 0.225 e. The number of hydrogen-bond acceptors (Lipinski definition) is 3. The van der Waals surface area contributed by atoms with Crippen LogP contribution in [0.3, 0.4) is 0 Å². The van der Waals surface area contributed by atoms with Crippen LogP contribution < -0.4 is 10.1 Å². The van der Waals surface area contributed by atoms with Crippen molar-refractivity contribution in [2.24, 2.45) is 0 Å². The average molecular weight is 426 g/mol. The summed E-state index contributed by atoms with van der Waals surface area (Å²) in [5.41, 5.74) is 3.67.